The fourth-order valence-corrected chi connectivity index (χ4v) is 1.98. The van der Waals surface area contributed by atoms with E-state index in [2.05, 4.69) is 10.2 Å². The minimum atomic E-state index is -0.409. The highest BCUT2D eigenvalue weighted by molar-refractivity contribution is 5.48. The topological polar surface area (TPSA) is 67.6 Å². The van der Waals surface area contributed by atoms with Gasteiger partial charge in [0.15, 0.2) is 5.75 Å². The fourth-order valence-electron chi connectivity index (χ4n) is 1.98. The molecule has 0 amide bonds. The lowest BCUT2D eigenvalue weighted by Crippen LogP contribution is -2.55. The van der Waals surface area contributed by atoms with E-state index in [9.17, 15) is 10.1 Å². The summed E-state index contributed by atoms with van der Waals surface area (Å²) in [4.78, 5) is 12.7. The molecule has 1 heterocycles. The molecule has 0 spiro atoms. The third kappa shape index (κ3) is 2.60. The van der Waals surface area contributed by atoms with Crippen LogP contribution in [0.1, 0.15) is 5.56 Å². The van der Waals surface area contributed by atoms with Crippen molar-refractivity contribution in [2.45, 2.75) is 12.6 Å². The van der Waals surface area contributed by atoms with Crippen molar-refractivity contribution in [2.75, 3.05) is 27.2 Å². The zero-order chi connectivity index (χ0) is 13.1. The number of methoxy groups -OCH3 is 1. The molecule has 98 valence electrons. The van der Waals surface area contributed by atoms with Crippen LogP contribution in [0.4, 0.5) is 5.69 Å². The Kier molecular flexibility index (Phi) is 3.78. The van der Waals surface area contributed by atoms with Crippen molar-refractivity contribution in [3.8, 4) is 5.75 Å². The first-order chi connectivity index (χ1) is 8.61. The number of hydrogen-bond donors (Lipinski definition) is 1. The molecule has 1 aliphatic heterocycles. The number of hydrogen-bond acceptors (Lipinski definition) is 5. The van der Waals surface area contributed by atoms with Gasteiger partial charge in [-0.2, -0.15) is 0 Å². The number of ether oxygens (including phenoxy) is 1. The van der Waals surface area contributed by atoms with Crippen LogP contribution in [0, 0.1) is 10.1 Å². The SMILES string of the molecule is COc1ccc(CN(C)C2CNC2)cc1[N+](=O)[O-]. The molecule has 0 bridgehead atoms. The van der Waals surface area contributed by atoms with Crippen LogP contribution >= 0.6 is 0 Å². The van der Waals surface area contributed by atoms with E-state index in [1.807, 2.05) is 13.1 Å². The second kappa shape index (κ2) is 5.32. The monoisotopic (exact) mass is 251 g/mol. The molecule has 0 aromatic heterocycles. The van der Waals surface area contributed by atoms with E-state index in [1.54, 1.807) is 12.1 Å². The predicted molar refractivity (Wildman–Crippen MR) is 67.8 cm³/mol. The Bertz CT molecular complexity index is 446. The number of nitro groups is 1. The van der Waals surface area contributed by atoms with E-state index in [0.717, 1.165) is 18.7 Å². The fraction of sp³-hybridized carbons (Fsp3) is 0.500. The smallest absolute Gasteiger partial charge is 0.311 e. The first kappa shape index (κ1) is 12.8. The molecule has 1 N–H and O–H groups in total. The predicted octanol–water partition coefficient (Wildman–Crippen LogP) is 1.01. The van der Waals surface area contributed by atoms with Crippen molar-refractivity contribution in [3.05, 3.63) is 33.9 Å². The maximum absolute atomic E-state index is 10.9. The lowest BCUT2D eigenvalue weighted by Gasteiger charge is -2.35. The van der Waals surface area contributed by atoms with Gasteiger partial charge in [0, 0.05) is 31.7 Å². The molecular formula is C12H17N3O3. The van der Waals surface area contributed by atoms with Gasteiger partial charge in [0.05, 0.1) is 12.0 Å². The van der Waals surface area contributed by atoms with Gasteiger partial charge in [-0.15, -0.1) is 0 Å². The van der Waals surface area contributed by atoms with Crippen LogP contribution in [-0.4, -0.2) is 43.1 Å². The molecule has 0 aliphatic carbocycles. The van der Waals surface area contributed by atoms with Gasteiger partial charge in [-0.25, -0.2) is 0 Å². The highest BCUT2D eigenvalue weighted by atomic mass is 16.6. The first-order valence-corrected chi connectivity index (χ1v) is 5.84. The molecule has 1 aromatic carbocycles. The summed E-state index contributed by atoms with van der Waals surface area (Å²) in [5, 5.41) is 14.1. The molecule has 1 aromatic rings. The van der Waals surface area contributed by atoms with Gasteiger partial charge in [-0.1, -0.05) is 6.07 Å². The van der Waals surface area contributed by atoms with E-state index in [0.29, 0.717) is 18.3 Å². The zero-order valence-electron chi connectivity index (χ0n) is 10.5. The molecular weight excluding hydrogens is 234 g/mol. The standard InChI is InChI=1S/C12H17N3O3/c1-14(10-6-13-7-10)8-9-3-4-12(18-2)11(5-9)15(16)17/h3-5,10,13H,6-8H2,1-2H3. The molecule has 1 saturated heterocycles. The van der Waals surface area contributed by atoms with E-state index in [1.165, 1.54) is 7.11 Å². The Balaban J connectivity index is 2.13. The van der Waals surface area contributed by atoms with Gasteiger partial charge in [-0.05, 0) is 18.7 Å². The average Bonchev–Trinajstić information content (AvgIpc) is 2.26. The van der Waals surface area contributed by atoms with Gasteiger partial charge in [-0.3, -0.25) is 15.0 Å². The van der Waals surface area contributed by atoms with Crippen molar-refractivity contribution < 1.29 is 9.66 Å². The molecule has 1 aliphatic rings. The van der Waals surface area contributed by atoms with Crippen molar-refractivity contribution >= 4 is 5.69 Å². The number of benzene rings is 1. The van der Waals surface area contributed by atoms with Gasteiger partial charge in [0.25, 0.3) is 0 Å². The lowest BCUT2D eigenvalue weighted by molar-refractivity contribution is -0.385. The van der Waals surface area contributed by atoms with Crippen LogP contribution < -0.4 is 10.1 Å². The van der Waals surface area contributed by atoms with Gasteiger partial charge in [0.1, 0.15) is 0 Å². The molecule has 0 unspecified atom stereocenters. The summed E-state index contributed by atoms with van der Waals surface area (Å²) in [6, 6.07) is 5.63. The van der Waals surface area contributed by atoms with Crippen molar-refractivity contribution in [1.82, 2.24) is 10.2 Å². The Morgan fingerprint density at radius 2 is 2.28 bits per heavy atom. The second-order valence-electron chi connectivity index (χ2n) is 4.49. The number of nitrogens with zero attached hydrogens (tertiary/aromatic N) is 2. The molecule has 2 rings (SSSR count). The van der Waals surface area contributed by atoms with E-state index in [-0.39, 0.29) is 5.69 Å². The Labute approximate surface area is 106 Å². The van der Waals surface area contributed by atoms with E-state index >= 15 is 0 Å². The van der Waals surface area contributed by atoms with E-state index < -0.39 is 4.92 Å². The van der Waals surface area contributed by atoms with Crippen LogP contribution in [-0.2, 0) is 6.54 Å². The van der Waals surface area contributed by atoms with Crippen LogP contribution in [0.3, 0.4) is 0 Å². The minimum absolute atomic E-state index is 0.0233. The molecule has 0 radical (unpaired) electrons. The normalized spacial score (nSPS) is 15.5. The molecule has 18 heavy (non-hydrogen) atoms. The largest absolute Gasteiger partial charge is 0.490 e. The molecule has 6 nitrogen and oxygen atoms in total. The maximum atomic E-state index is 10.9. The molecule has 0 atom stereocenters. The summed E-state index contributed by atoms with van der Waals surface area (Å²) >= 11 is 0. The Morgan fingerprint density at radius 3 is 2.78 bits per heavy atom. The molecule has 0 saturated carbocycles. The van der Waals surface area contributed by atoms with Gasteiger partial charge in [0.2, 0.25) is 0 Å². The van der Waals surface area contributed by atoms with Gasteiger partial charge < -0.3 is 10.1 Å². The summed E-state index contributed by atoms with van der Waals surface area (Å²) < 4.78 is 4.98. The summed E-state index contributed by atoms with van der Waals surface area (Å²) in [6.07, 6.45) is 0. The number of nitrogens with one attached hydrogen (secondary N) is 1. The maximum Gasteiger partial charge on any atom is 0.311 e. The highest BCUT2D eigenvalue weighted by Gasteiger charge is 2.22. The van der Waals surface area contributed by atoms with Crippen molar-refractivity contribution in [1.29, 1.82) is 0 Å². The molecule has 6 heteroatoms. The van der Waals surface area contributed by atoms with E-state index in [4.69, 9.17) is 4.74 Å². The van der Waals surface area contributed by atoms with Gasteiger partial charge >= 0.3 is 5.69 Å². The van der Waals surface area contributed by atoms with Crippen molar-refractivity contribution in [2.24, 2.45) is 0 Å². The lowest BCUT2D eigenvalue weighted by atomic mass is 10.1. The first-order valence-electron chi connectivity index (χ1n) is 5.84. The number of nitro benzene ring substituents is 1. The number of likely N-dealkylation sites (N-methyl/N-ethyl adjacent to an activating group) is 1. The average molecular weight is 251 g/mol. The molecule has 1 fully saturated rings. The second-order valence-corrected chi connectivity index (χ2v) is 4.49. The highest BCUT2D eigenvalue weighted by Crippen LogP contribution is 2.28. The van der Waals surface area contributed by atoms with Crippen LogP contribution in [0.15, 0.2) is 18.2 Å². The minimum Gasteiger partial charge on any atom is -0.490 e. The Hall–Kier alpha value is -1.66. The van der Waals surface area contributed by atoms with Crippen LogP contribution in [0.5, 0.6) is 5.75 Å². The van der Waals surface area contributed by atoms with Crippen LogP contribution in [0.2, 0.25) is 0 Å². The Morgan fingerprint density at radius 1 is 1.56 bits per heavy atom. The number of rotatable bonds is 5. The summed E-state index contributed by atoms with van der Waals surface area (Å²) in [5.41, 5.74) is 0.951. The third-order valence-corrected chi connectivity index (χ3v) is 3.26. The summed E-state index contributed by atoms with van der Waals surface area (Å²) in [5.74, 6) is 0.303. The third-order valence-electron chi connectivity index (χ3n) is 3.26. The quantitative estimate of drug-likeness (QED) is 0.625. The summed E-state index contributed by atoms with van der Waals surface area (Å²) in [7, 11) is 3.47. The van der Waals surface area contributed by atoms with Crippen LogP contribution in [0.25, 0.3) is 0 Å². The van der Waals surface area contributed by atoms with Crippen molar-refractivity contribution in [3.63, 3.8) is 0 Å². The zero-order valence-corrected chi connectivity index (χ0v) is 10.5. The summed E-state index contributed by atoms with van der Waals surface area (Å²) in [6.45, 7) is 2.67.